The first-order chi connectivity index (χ1) is 13.8. The summed E-state index contributed by atoms with van der Waals surface area (Å²) in [7, 11) is 0. The minimum atomic E-state index is 0.0988. The molecule has 2 aliphatic heterocycles. The molecule has 2 aliphatic carbocycles. The number of rotatable bonds is 0. The Kier molecular flexibility index (Phi) is 3.49. The van der Waals surface area contributed by atoms with Crippen LogP contribution in [0.3, 0.4) is 0 Å². The fourth-order valence-corrected chi connectivity index (χ4v) is 12.1. The quantitative estimate of drug-likeness (QED) is 0.373. The van der Waals surface area contributed by atoms with E-state index in [2.05, 4.69) is 108 Å². The van der Waals surface area contributed by atoms with Gasteiger partial charge >= 0.3 is 0 Å². The summed E-state index contributed by atoms with van der Waals surface area (Å²) in [5.74, 6) is 4.95. The first-order valence-corrected chi connectivity index (χ1v) is 13.7. The van der Waals surface area contributed by atoms with E-state index in [1.807, 2.05) is 0 Å². The van der Waals surface area contributed by atoms with Gasteiger partial charge in [0.25, 0.3) is 0 Å². The van der Waals surface area contributed by atoms with E-state index in [0.29, 0.717) is 0 Å². The largest absolute Gasteiger partial charge is 0.134 e. The Morgan fingerprint density at radius 2 is 0.857 bits per heavy atom. The van der Waals surface area contributed by atoms with E-state index in [9.17, 15) is 0 Å². The van der Waals surface area contributed by atoms with Gasteiger partial charge in [0.2, 0.25) is 0 Å². The van der Waals surface area contributed by atoms with Gasteiger partial charge in [0.15, 0.2) is 0 Å². The third kappa shape index (κ3) is 1.91. The van der Waals surface area contributed by atoms with Crippen molar-refractivity contribution in [2.45, 2.75) is 8.16 Å². The van der Waals surface area contributed by atoms with Gasteiger partial charge in [-0.3, -0.25) is 0 Å². The lowest BCUT2D eigenvalue weighted by atomic mass is 9.98. The van der Waals surface area contributed by atoms with Crippen LogP contribution in [-0.2, 0) is 8.16 Å². The fourth-order valence-electron chi connectivity index (χ4n) is 5.34. The molecular formula is C24H18S4. The number of fused-ring (bicyclic) bond motifs is 10. The molecule has 0 N–H and O–H groups in total. The Bertz CT molecular complexity index is 1050. The summed E-state index contributed by atoms with van der Waals surface area (Å²) < 4.78 is 0.198. The van der Waals surface area contributed by atoms with Crippen molar-refractivity contribution in [1.29, 1.82) is 0 Å². The van der Waals surface area contributed by atoms with Gasteiger partial charge in [0, 0.05) is 23.0 Å². The molecule has 0 amide bonds. The number of thioether (sulfide) groups is 4. The molecule has 7 rings (SSSR count). The van der Waals surface area contributed by atoms with Crippen molar-refractivity contribution < 1.29 is 0 Å². The zero-order chi connectivity index (χ0) is 18.3. The van der Waals surface area contributed by atoms with Crippen LogP contribution in [0.2, 0.25) is 0 Å². The molecule has 0 aromatic heterocycles. The molecule has 2 spiro atoms. The minimum Gasteiger partial charge on any atom is -0.134 e. The van der Waals surface area contributed by atoms with E-state index in [1.165, 1.54) is 56.4 Å². The molecule has 0 saturated carbocycles. The zero-order valence-electron chi connectivity index (χ0n) is 15.2. The van der Waals surface area contributed by atoms with Gasteiger partial charge in [-0.15, -0.1) is 47.0 Å². The number of benzene rings is 3. The highest BCUT2D eigenvalue weighted by Crippen LogP contribution is 2.69. The third-order valence-corrected chi connectivity index (χ3v) is 13.3. The molecule has 0 bridgehead atoms. The van der Waals surface area contributed by atoms with Crippen molar-refractivity contribution in [1.82, 2.24) is 0 Å². The van der Waals surface area contributed by atoms with Gasteiger partial charge in [-0.1, -0.05) is 48.5 Å². The Hall–Kier alpha value is -0.940. The first kappa shape index (κ1) is 16.8. The number of hydrogen-bond donors (Lipinski definition) is 0. The second kappa shape index (κ2) is 5.81. The monoisotopic (exact) mass is 434 g/mol. The summed E-state index contributed by atoms with van der Waals surface area (Å²) in [6.07, 6.45) is 0. The van der Waals surface area contributed by atoms with Crippen LogP contribution in [0.15, 0.2) is 60.7 Å². The van der Waals surface area contributed by atoms with Gasteiger partial charge in [-0.25, -0.2) is 0 Å². The Balaban J connectivity index is 1.57. The maximum atomic E-state index is 2.57. The molecule has 3 aromatic carbocycles. The SMILES string of the molecule is c1ccc2c(c1)-c1cc3c(cc1C21SCCS1)-c1ccccc1C31SCCS1. The Labute approximate surface area is 182 Å². The fraction of sp³-hybridized carbons (Fsp3) is 0.250. The van der Waals surface area contributed by atoms with Crippen molar-refractivity contribution in [3.63, 3.8) is 0 Å². The van der Waals surface area contributed by atoms with Gasteiger partial charge in [-0.05, 0) is 56.6 Å². The van der Waals surface area contributed by atoms with Crippen LogP contribution >= 0.6 is 47.0 Å². The highest BCUT2D eigenvalue weighted by Gasteiger charge is 2.51. The third-order valence-electron chi connectivity index (χ3n) is 6.40. The Morgan fingerprint density at radius 1 is 0.464 bits per heavy atom. The van der Waals surface area contributed by atoms with E-state index in [4.69, 9.17) is 0 Å². The first-order valence-electron chi connectivity index (χ1n) is 9.78. The van der Waals surface area contributed by atoms with Gasteiger partial charge in [0.1, 0.15) is 8.16 Å². The van der Waals surface area contributed by atoms with Crippen molar-refractivity contribution in [3.05, 3.63) is 82.9 Å². The highest BCUT2D eigenvalue weighted by molar-refractivity contribution is 8.21. The summed E-state index contributed by atoms with van der Waals surface area (Å²) in [4.78, 5) is 0. The smallest absolute Gasteiger partial charge is 0.113 e. The maximum absolute atomic E-state index is 2.57. The van der Waals surface area contributed by atoms with E-state index < -0.39 is 0 Å². The topological polar surface area (TPSA) is 0 Å². The summed E-state index contributed by atoms with van der Waals surface area (Å²) in [5.41, 5.74) is 12.0. The average Bonchev–Trinajstić information content (AvgIpc) is 3.52. The lowest BCUT2D eigenvalue weighted by Gasteiger charge is -2.27. The lowest BCUT2D eigenvalue weighted by Crippen LogP contribution is -2.14. The highest BCUT2D eigenvalue weighted by atomic mass is 32.2. The number of hydrogen-bond acceptors (Lipinski definition) is 4. The summed E-state index contributed by atoms with van der Waals surface area (Å²) in [5, 5.41) is 0. The second-order valence-electron chi connectivity index (χ2n) is 7.66. The molecular weight excluding hydrogens is 417 g/mol. The molecule has 3 aromatic rings. The van der Waals surface area contributed by atoms with Crippen molar-refractivity contribution in [2.24, 2.45) is 0 Å². The summed E-state index contributed by atoms with van der Waals surface area (Å²) in [6, 6.07) is 23.4. The summed E-state index contributed by atoms with van der Waals surface area (Å²) >= 11 is 8.56. The van der Waals surface area contributed by atoms with Crippen LogP contribution in [0.25, 0.3) is 22.3 Å². The van der Waals surface area contributed by atoms with E-state index in [-0.39, 0.29) is 8.16 Å². The van der Waals surface area contributed by atoms with E-state index >= 15 is 0 Å². The van der Waals surface area contributed by atoms with Crippen LogP contribution in [0.5, 0.6) is 0 Å². The normalized spacial score (nSPS) is 21.7. The van der Waals surface area contributed by atoms with Crippen LogP contribution < -0.4 is 0 Å². The molecule has 0 unspecified atom stereocenters. The molecule has 4 aliphatic rings. The molecule has 28 heavy (non-hydrogen) atoms. The molecule has 0 nitrogen and oxygen atoms in total. The van der Waals surface area contributed by atoms with Crippen LogP contribution in [-0.4, -0.2) is 23.0 Å². The predicted molar refractivity (Wildman–Crippen MR) is 129 cm³/mol. The zero-order valence-corrected chi connectivity index (χ0v) is 18.5. The Morgan fingerprint density at radius 3 is 1.29 bits per heavy atom. The van der Waals surface area contributed by atoms with Crippen molar-refractivity contribution in [3.8, 4) is 22.3 Å². The van der Waals surface area contributed by atoms with Gasteiger partial charge in [0.05, 0.1) is 0 Å². The van der Waals surface area contributed by atoms with E-state index in [1.54, 1.807) is 11.1 Å². The van der Waals surface area contributed by atoms with Crippen LogP contribution in [0.4, 0.5) is 0 Å². The summed E-state index contributed by atoms with van der Waals surface area (Å²) in [6.45, 7) is 0. The van der Waals surface area contributed by atoms with Crippen molar-refractivity contribution >= 4 is 47.0 Å². The lowest BCUT2D eigenvalue weighted by molar-refractivity contribution is 1.12. The second-order valence-corrected chi connectivity index (χ2v) is 13.4. The van der Waals surface area contributed by atoms with Gasteiger partial charge < -0.3 is 0 Å². The maximum Gasteiger partial charge on any atom is 0.113 e. The minimum absolute atomic E-state index is 0.0988. The molecule has 2 fully saturated rings. The average molecular weight is 435 g/mol. The van der Waals surface area contributed by atoms with Crippen LogP contribution in [0.1, 0.15) is 22.3 Å². The molecule has 0 atom stereocenters. The molecule has 138 valence electrons. The standard InChI is InChI=1S/C24H18S4/c1-3-7-19-15(5-1)17-13-22-18(14-21(17)23(19)25-9-10-26-23)16-6-2-4-8-20(16)24(22)27-11-12-28-24/h1-8,13-14H,9-12H2. The predicted octanol–water partition coefficient (Wildman–Crippen LogP) is 7.01. The molecule has 2 heterocycles. The van der Waals surface area contributed by atoms with Gasteiger partial charge in [-0.2, -0.15) is 0 Å². The molecule has 0 radical (unpaired) electrons. The van der Waals surface area contributed by atoms with Crippen molar-refractivity contribution in [2.75, 3.05) is 23.0 Å². The van der Waals surface area contributed by atoms with Crippen LogP contribution in [0, 0.1) is 0 Å². The van der Waals surface area contributed by atoms with E-state index in [0.717, 1.165) is 0 Å². The molecule has 4 heteroatoms. The molecule has 2 saturated heterocycles.